The summed E-state index contributed by atoms with van der Waals surface area (Å²) in [5, 5.41) is 30.8. The summed E-state index contributed by atoms with van der Waals surface area (Å²) < 4.78 is 9.69. The van der Waals surface area contributed by atoms with Gasteiger partial charge in [0.25, 0.3) is 0 Å². The van der Waals surface area contributed by atoms with Crippen molar-refractivity contribution in [3.8, 4) is 46.3 Å². The van der Waals surface area contributed by atoms with Crippen LogP contribution in [0.3, 0.4) is 0 Å². The van der Waals surface area contributed by atoms with Crippen LogP contribution in [0.4, 0.5) is 0 Å². The number of aromatic nitrogens is 5. The van der Waals surface area contributed by atoms with E-state index in [1.54, 1.807) is 0 Å². The van der Waals surface area contributed by atoms with Crippen molar-refractivity contribution >= 4 is 87.2 Å². The normalized spacial score (nSPS) is 12.7. The molecule has 0 N–H and O–H groups in total. The predicted molar refractivity (Wildman–Crippen MR) is 351 cm³/mol. The van der Waals surface area contributed by atoms with Gasteiger partial charge in [0.05, 0.1) is 55.3 Å². The SMILES string of the molecule is CC(C)(C)c1ccc2c(c1)c1ccccc1n2-c1nc(-n2c3ccccc3c3cc(C(C)(C)C)ccc32)c(-n2c3ccccc3c3cc(C(C)(C)C)ccc32)c(-c2ccc(C#N)c(C#N)c2)c1-n1c2ccccc2c2cc(C(C)(C)C)ccc21. The third-order valence-electron chi connectivity index (χ3n) is 17.7. The quantitative estimate of drug-likeness (QED) is 0.172. The third-order valence-corrected chi connectivity index (χ3v) is 17.7. The Morgan fingerprint density at radius 1 is 0.298 bits per heavy atom. The minimum Gasteiger partial charge on any atom is -0.305 e. The molecule has 5 aromatic heterocycles. The van der Waals surface area contributed by atoms with Gasteiger partial charge in [0, 0.05) is 48.7 Å². The zero-order chi connectivity index (χ0) is 58.5. The van der Waals surface area contributed by atoms with E-state index in [2.05, 4.69) is 289 Å². The standard InChI is InChI=1S/C77H67N7/c1-74(2,3)49-31-35-65-57(40-49)53-21-13-17-25-61(53)81(65)70-69(46-29-30-47(44-78)48(39-46)45-79)71(82-62-26-18-14-22-54(62)58-41-50(75(4,5)6)32-36-66(58)82)73(84-64-28-20-16-24-56(64)60-43-52(77(10,11)12)34-38-68(60)84)80-72(70)83-63-27-19-15-23-55(63)59-42-51(76(7,8)9)33-37-67(59)83/h13-43H,1-12H3. The summed E-state index contributed by atoms with van der Waals surface area (Å²) >= 11 is 0. The Morgan fingerprint density at radius 2 is 0.583 bits per heavy atom. The van der Waals surface area contributed by atoms with Gasteiger partial charge in [-0.2, -0.15) is 10.5 Å². The molecule has 410 valence electrons. The second-order valence-corrected chi connectivity index (χ2v) is 27.2. The molecule has 0 aliphatic rings. The molecule has 0 spiro atoms. The minimum atomic E-state index is -0.130. The fraction of sp³-hybridized carbons (Fsp3) is 0.208. The van der Waals surface area contributed by atoms with Crippen molar-refractivity contribution in [2.75, 3.05) is 0 Å². The highest BCUT2D eigenvalue weighted by molar-refractivity contribution is 6.16. The Morgan fingerprint density at radius 3 is 0.893 bits per heavy atom. The fourth-order valence-corrected chi connectivity index (χ4v) is 13.1. The Balaban J connectivity index is 1.32. The van der Waals surface area contributed by atoms with E-state index in [0.29, 0.717) is 22.8 Å². The van der Waals surface area contributed by atoms with Crippen LogP contribution >= 0.6 is 0 Å². The molecule has 0 saturated carbocycles. The number of hydrogen-bond acceptors (Lipinski definition) is 3. The maximum atomic E-state index is 11.2. The van der Waals surface area contributed by atoms with Crippen LogP contribution in [0.25, 0.3) is 121 Å². The number of fused-ring (bicyclic) bond motifs is 12. The summed E-state index contributed by atoms with van der Waals surface area (Å²) in [5.41, 5.74) is 16.4. The monoisotopic (exact) mass is 1090 g/mol. The van der Waals surface area contributed by atoms with Crippen LogP contribution in [0.5, 0.6) is 0 Å². The van der Waals surface area contributed by atoms with Crippen molar-refractivity contribution < 1.29 is 0 Å². The Kier molecular flexibility index (Phi) is 11.5. The molecule has 0 bridgehead atoms. The van der Waals surface area contributed by atoms with Gasteiger partial charge in [-0.3, -0.25) is 9.13 Å². The number of benzene rings is 9. The van der Waals surface area contributed by atoms with Gasteiger partial charge in [0.15, 0.2) is 11.6 Å². The van der Waals surface area contributed by atoms with Crippen molar-refractivity contribution in [1.82, 2.24) is 23.3 Å². The molecule has 0 aliphatic carbocycles. The lowest BCUT2D eigenvalue weighted by molar-refractivity contribution is 0.591. The summed E-state index contributed by atoms with van der Waals surface area (Å²) in [6.07, 6.45) is 0. The molecule has 0 radical (unpaired) electrons. The van der Waals surface area contributed by atoms with E-state index in [-0.39, 0.29) is 21.7 Å². The first-order chi connectivity index (χ1) is 40.1. The first-order valence-electron chi connectivity index (χ1n) is 29.3. The molecule has 7 nitrogen and oxygen atoms in total. The summed E-state index contributed by atoms with van der Waals surface area (Å²) in [5.74, 6) is 1.41. The van der Waals surface area contributed by atoms with Gasteiger partial charge in [0.1, 0.15) is 23.5 Å². The van der Waals surface area contributed by atoms with Crippen molar-refractivity contribution in [3.05, 3.63) is 221 Å². The van der Waals surface area contributed by atoms with Crippen LogP contribution in [0.2, 0.25) is 0 Å². The number of rotatable bonds is 5. The first-order valence-corrected chi connectivity index (χ1v) is 29.3. The molecule has 0 aliphatic heterocycles. The molecular formula is C77H67N7. The Bertz CT molecular complexity index is 4910. The number of nitriles is 2. The highest BCUT2D eigenvalue weighted by Crippen LogP contribution is 2.50. The number of nitrogens with zero attached hydrogens (tertiary/aromatic N) is 7. The highest BCUT2D eigenvalue weighted by Gasteiger charge is 2.34. The van der Waals surface area contributed by atoms with Gasteiger partial charge < -0.3 is 9.13 Å². The van der Waals surface area contributed by atoms with Crippen molar-refractivity contribution in [2.24, 2.45) is 0 Å². The Hall–Kier alpha value is -9.69. The van der Waals surface area contributed by atoms with Gasteiger partial charge in [-0.25, -0.2) is 4.98 Å². The molecule has 5 heterocycles. The van der Waals surface area contributed by atoms with E-state index in [4.69, 9.17) is 4.98 Å². The molecule has 0 unspecified atom stereocenters. The van der Waals surface area contributed by atoms with Gasteiger partial charge in [0.2, 0.25) is 0 Å². The average Bonchev–Trinajstić information content (AvgIpc) is 1.55. The first kappa shape index (κ1) is 52.4. The van der Waals surface area contributed by atoms with E-state index in [1.807, 2.05) is 12.1 Å². The maximum Gasteiger partial charge on any atom is 0.165 e. The second kappa shape index (κ2) is 18.4. The van der Waals surface area contributed by atoms with Crippen LogP contribution in [0.1, 0.15) is 116 Å². The van der Waals surface area contributed by atoms with Gasteiger partial charge >= 0.3 is 0 Å². The molecule has 14 aromatic rings. The molecular weight excluding hydrogens is 1020 g/mol. The molecule has 9 aromatic carbocycles. The molecule has 0 saturated heterocycles. The van der Waals surface area contributed by atoms with Gasteiger partial charge in [-0.1, -0.05) is 186 Å². The predicted octanol–water partition coefficient (Wildman–Crippen LogP) is 20.1. The lowest BCUT2D eigenvalue weighted by atomic mass is 9.86. The average molecular weight is 1090 g/mol. The van der Waals surface area contributed by atoms with E-state index in [1.165, 1.54) is 22.3 Å². The molecule has 14 rings (SSSR count). The number of hydrogen-bond donors (Lipinski definition) is 0. The summed E-state index contributed by atoms with van der Waals surface area (Å²) in [4.78, 5) is 6.48. The molecule has 0 atom stereocenters. The van der Waals surface area contributed by atoms with E-state index < -0.39 is 0 Å². The maximum absolute atomic E-state index is 11.2. The van der Waals surface area contributed by atoms with Crippen LogP contribution in [-0.2, 0) is 21.7 Å². The summed E-state index contributed by atoms with van der Waals surface area (Å²) in [6, 6.07) is 73.5. The van der Waals surface area contributed by atoms with E-state index in [9.17, 15) is 10.5 Å². The summed E-state index contributed by atoms with van der Waals surface area (Å²) in [7, 11) is 0. The van der Waals surface area contributed by atoms with Crippen molar-refractivity contribution in [2.45, 2.75) is 105 Å². The number of para-hydroxylation sites is 4. The smallest absolute Gasteiger partial charge is 0.165 e. The largest absolute Gasteiger partial charge is 0.305 e. The van der Waals surface area contributed by atoms with Crippen LogP contribution < -0.4 is 0 Å². The Labute approximate surface area is 490 Å². The van der Waals surface area contributed by atoms with Crippen molar-refractivity contribution in [3.63, 3.8) is 0 Å². The van der Waals surface area contributed by atoms with Crippen LogP contribution in [-0.4, -0.2) is 23.3 Å². The van der Waals surface area contributed by atoms with Gasteiger partial charge in [-0.15, -0.1) is 0 Å². The van der Waals surface area contributed by atoms with Crippen LogP contribution in [0.15, 0.2) is 188 Å². The molecule has 7 heteroatoms. The zero-order valence-electron chi connectivity index (χ0n) is 50.0. The topological polar surface area (TPSA) is 80.2 Å². The minimum absolute atomic E-state index is 0.120. The second-order valence-electron chi connectivity index (χ2n) is 27.2. The van der Waals surface area contributed by atoms with E-state index in [0.717, 1.165) is 110 Å². The lowest BCUT2D eigenvalue weighted by Crippen LogP contribution is -2.16. The summed E-state index contributed by atoms with van der Waals surface area (Å²) in [6.45, 7) is 27.3. The third kappa shape index (κ3) is 7.93. The fourth-order valence-electron chi connectivity index (χ4n) is 13.1. The van der Waals surface area contributed by atoms with Crippen molar-refractivity contribution in [1.29, 1.82) is 10.5 Å². The lowest BCUT2D eigenvalue weighted by Gasteiger charge is -2.27. The molecule has 0 fully saturated rings. The van der Waals surface area contributed by atoms with Crippen LogP contribution in [0, 0.1) is 22.7 Å². The highest BCUT2D eigenvalue weighted by atomic mass is 15.2. The van der Waals surface area contributed by atoms with Gasteiger partial charge in [-0.05, 0) is 134 Å². The van der Waals surface area contributed by atoms with E-state index >= 15 is 0 Å². The zero-order valence-corrected chi connectivity index (χ0v) is 50.0. The molecule has 0 amide bonds. The molecule has 84 heavy (non-hydrogen) atoms. The number of pyridine rings is 1.